The lowest BCUT2D eigenvalue weighted by Gasteiger charge is -2.28. The lowest BCUT2D eigenvalue weighted by atomic mass is 10.0. The van der Waals surface area contributed by atoms with Crippen molar-refractivity contribution in [2.45, 2.75) is 19.5 Å². The molecule has 0 aliphatic carbocycles. The van der Waals surface area contributed by atoms with Crippen LogP contribution in [0.2, 0.25) is 0 Å². The zero-order valence-corrected chi connectivity index (χ0v) is 15.7. The molecule has 1 aromatic carbocycles. The molecule has 2 aromatic heterocycles. The van der Waals surface area contributed by atoms with E-state index in [1.807, 2.05) is 0 Å². The first-order valence-electron chi connectivity index (χ1n) is 8.91. The van der Waals surface area contributed by atoms with Crippen molar-refractivity contribution >= 4 is 0 Å². The quantitative estimate of drug-likeness (QED) is 0.697. The molecule has 0 amide bonds. The molecule has 0 bridgehead atoms. The van der Waals surface area contributed by atoms with Crippen LogP contribution in [0.1, 0.15) is 16.8 Å². The summed E-state index contributed by atoms with van der Waals surface area (Å²) in [6.07, 6.45) is 2.14. The summed E-state index contributed by atoms with van der Waals surface area (Å²) in [5.74, 6) is 2.14. The molecule has 0 unspecified atom stereocenters. The Morgan fingerprint density at radius 3 is 2.68 bits per heavy atom. The number of aromatic amines is 1. The highest BCUT2D eigenvalue weighted by Crippen LogP contribution is 2.35. The van der Waals surface area contributed by atoms with E-state index >= 15 is 0 Å². The fourth-order valence-electron chi connectivity index (χ4n) is 3.51. The number of phenols is 1. The molecule has 0 radical (unpaired) electrons. The second kappa shape index (κ2) is 7.40. The molecule has 0 spiro atoms. The first kappa shape index (κ1) is 18.1. The molecule has 1 aliphatic rings. The van der Waals surface area contributed by atoms with Crippen LogP contribution >= 0.6 is 0 Å². The number of H-pyrrole nitrogens is 1. The average Bonchev–Trinajstić information content (AvgIpc) is 3.23. The van der Waals surface area contributed by atoms with Gasteiger partial charge in [-0.15, -0.1) is 0 Å². The standard InChI is InChI=1S/C20H21N3O5/c1-26-17-8-12(24)9-18(27-2)14(17)10-23-6-5-13-15(11-23)21-19(22-20(13)25)16-4-3-7-28-16/h3-4,7-9,24H,5-6,10-11H2,1-2H3,(H,21,22,25). The number of fused-ring (bicyclic) bond motifs is 1. The maximum absolute atomic E-state index is 12.5. The van der Waals surface area contributed by atoms with Crippen molar-refractivity contribution in [3.8, 4) is 28.8 Å². The van der Waals surface area contributed by atoms with Gasteiger partial charge in [-0.05, 0) is 18.6 Å². The lowest BCUT2D eigenvalue weighted by Crippen LogP contribution is -2.35. The third-order valence-electron chi connectivity index (χ3n) is 4.88. The van der Waals surface area contributed by atoms with E-state index in [4.69, 9.17) is 13.9 Å². The Kier molecular flexibility index (Phi) is 4.79. The van der Waals surface area contributed by atoms with Gasteiger partial charge in [-0.3, -0.25) is 9.69 Å². The summed E-state index contributed by atoms with van der Waals surface area (Å²) < 4.78 is 16.2. The SMILES string of the molecule is COc1cc(O)cc(OC)c1CN1CCc2c(nc(-c3ccco3)[nH]c2=O)C1. The predicted octanol–water partition coefficient (Wildman–Crippen LogP) is 2.31. The van der Waals surface area contributed by atoms with E-state index in [-0.39, 0.29) is 11.3 Å². The zero-order chi connectivity index (χ0) is 19.7. The number of nitrogens with zero attached hydrogens (tertiary/aromatic N) is 2. The third-order valence-corrected chi connectivity index (χ3v) is 4.88. The number of nitrogens with one attached hydrogen (secondary N) is 1. The molecule has 0 saturated heterocycles. The van der Waals surface area contributed by atoms with Crippen LogP contribution in [0, 0.1) is 0 Å². The zero-order valence-electron chi connectivity index (χ0n) is 15.7. The number of methoxy groups -OCH3 is 2. The van der Waals surface area contributed by atoms with Crippen LogP contribution in [0.15, 0.2) is 39.7 Å². The van der Waals surface area contributed by atoms with E-state index in [0.717, 1.165) is 11.3 Å². The normalized spacial score (nSPS) is 13.9. The number of furan rings is 1. The topological polar surface area (TPSA) is 101 Å². The highest BCUT2D eigenvalue weighted by molar-refractivity contribution is 5.50. The minimum Gasteiger partial charge on any atom is -0.508 e. The number of aromatic hydroxyl groups is 1. The van der Waals surface area contributed by atoms with Gasteiger partial charge >= 0.3 is 0 Å². The number of aromatic nitrogens is 2. The predicted molar refractivity (Wildman–Crippen MR) is 102 cm³/mol. The highest BCUT2D eigenvalue weighted by Gasteiger charge is 2.24. The number of rotatable bonds is 5. The van der Waals surface area contributed by atoms with Crippen molar-refractivity contribution in [3.05, 3.63) is 57.7 Å². The van der Waals surface area contributed by atoms with Crippen LogP contribution < -0.4 is 15.0 Å². The van der Waals surface area contributed by atoms with E-state index in [0.29, 0.717) is 54.7 Å². The Hall–Kier alpha value is -3.26. The molecule has 8 heteroatoms. The highest BCUT2D eigenvalue weighted by atomic mass is 16.5. The minimum atomic E-state index is -0.129. The van der Waals surface area contributed by atoms with E-state index in [2.05, 4.69) is 14.9 Å². The molecule has 3 aromatic rings. The summed E-state index contributed by atoms with van der Waals surface area (Å²) in [6.45, 7) is 1.75. The number of hydrogen-bond donors (Lipinski definition) is 2. The van der Waals surface area contributed by atoms with Crippen molar-refractivity contribution in [2.75, 3.05) is 20.8 Å². The van der Waals surface area contributed by atoms with Crippen molar-refractivity contribution in [3.63, 3.8) is 0 Å². The summed E-state index contributed by atoms with van der Waals surface area (Å²) in [5, 5.41) is 9.84. The van der Waals surface area contributed by atoms with Gasteiger partial charge in [-0.2, -0.15) is 0 Å². The number of hydrogen-bond acceptors (Lipinski definition) is 7. The molecule has 2 N–H and O–H groups in total. The molecule has 3 heterocycles. The first-order valence-corrected chi connectivity index (χ1v) is 8.91. The largest absolute Gasteiger partial charge is 0.508 e. The summed E-state index contributed by atoms with van der Waals surface area (Å²) in [7, 11) is 3.11. The van der Waals surface area contributed by atoms with Gasteiger partial charge in [0, 0.05) is 37.3 Å². The number of benzene rings is 1. The van der Waals surface area contributed by atoms with Gasteiger partial charge in [-0.1, -0.05) is 0 Å². The van der Waals surface area contributed by atoms with Gasteiger partial charge in [0.25, 0.3) is 5.56 Å². The fraction of sp³-hybridized carbons (Fsp3) is 0.300. The van der Waals surface area contributed by atoms with E-state index < -0.39 is 0 Å². The number of phenolic OH excluding ortho intramolecular Hbond substituents is 1. The average molecular weight is 383 g/mol. The maximum atomic E-state index is 12.5. The monoisotopic (exact) mass is 383 g/mol. The van der Waals surface area contributed by atoms with Crippen molar-refractivity contribution in [1.29, 1.82) is 0 Å². The summed E-state index contributed by atoms with van der Waals surface area (Å²) in [5.41, 5.74) is 2.15. The molecule has 28 heavy (non-hydrogen) atoms. The maximum Gasteiger partial charge on any atom is 0.254 e. The Balaban J connectivity index is 1.64. The van der Waals surface area contributed by atoms with Crippen molar-refractivity contribution < 1.29 is 19.0 Å². The second-order valence-corrected chi connectivity index (χ2v) is 6.61. The van der Waals surface area contributed by atoms with E-state index in [1.54, 1.807) is 44.7 Å². The Labute approximate surface area is 161 Å². The van der Waals surface area contributed by atoms with Gasteiger partial charge in [0.1, 0.15) is 17.2 Å². The lowest BCUT2D eigenvalue weighted by molar-refractivity contribution is 0.232. The van der Waals surface area contributed by atoms with Crippen LogP contribution in [-0.2, 0) is 19.5 Å². The van der Waals surface area contributed by atoms with Gasteiger partial charge in [0.2, 0.25) is 0 Å². The molecule has 4 rings (SSSR count). The molecule has 0 fully saturated rings. The van der Waals surface area contributed by atoms with Crippen molar-refractivity contribution in [2.24, 2.45) is 0 Å². The fourth-order valence-corrected chi connectivity index (χ4v) is 3.51. The smallest absolute Gasteiger partial charge is 0.254 e. The van der Waals surface area contributed by atoms with Gasteiger partial charge in [-0.25, -0.2) is 4.98 Å². The van der Waals surface area contributed by atoms with E-state index in [1.165, 1.54) is 0 Å². The summed E-state index contributed by atoms with van der Waals surface area (Å²) >= 11 is 0. The summed E-state index contributed by atoms with van der Waals surface area (Å²) in [6, 6.07) is 6.64. The van der Waals surface area contributed by atoms with E-state index in [9.17, 15) is 9.90 Å². The third kappa shape index (κ3) is 3.34. The molecule has 146 valence electrons. The molecule has 1 aliphatic heterocycles. The molecule has 0 saturated carbocycles. The molecular weight excluding hydrogens is 362 g/mol. The summed E-state index contributed by atoms with van der Waals surface area (Å²) in [4.78, 5) is 22.0. The Morgan fingerprint density at radius 2 is 2.04 bits per heavy atom. The van der Waals surface area contributed by atoms with Crippen LogP contribution in [0.25, 0.3) is 11.6 Å². The second-order valence-electron chi connectivity index (χ2n) is 6.61. The minimum absolute atomic E-state index is 0.0812. The number of ether oxygens (including phenoxy) is 2. The van der Waals surface area contributed by atoms with Crippen molar-refractivity contribution in [1.82, 2.24) is 14.9 Å². The van der Waals surface area contributed by atoms with Crippen LogP contribution in [0.5, 0.6) is 17.2 Å². The first-order chi connectivity index (χ1) is 13.6. The molecule has 0 atom stereocenters. The van der Waals surface area contributed by atoms with Gasteiger partial charge in [0.15, 0.2) is 11.6 Å². The van der Waals surface area contributed by atoms with Crippen LogP contribution in [0.3, 0.4) is 0 Å². The Bertz CT molecular complexity index is 1020. The molecule has 8 nitrogen and oxygen atoms in total. The van der Waals surface area contributed by atoms with Gasteiger partial charge < -0.3 is 24.0 Å². The molecular formula is C20H21N3O5. The van der Waals surface area contributed by atoms with Gasteiger partial charge in [0.05, 0.1) is 31.7 Å². The van der Waals surface area contributed by atoms with Crippen LogP contribution in [0.4, 0.5) is 0 Å². The Morgan fingerprint density at radius 1 is 1.29 bits per heavy atom. The van der Waals surface area contributed by atoms with Crippen LogP contribution in [-0.4, -0.2) is 40.7 Å².